The largest absolute Gasteiger partial charge is 0.323 e. The molecule has 0 radical (unpaired) electrons. The molecule has 0 spiro atoms. The maximum Gasteiger partial charge on any atom is 0.101 e. The molecule has 2 heterocycles. The van der Waals surface area contributed by atoms with E-state index in [0.717, 1.165) is 27.7 Å². The summed E-state index contributed by atoms with van der Waals surface area (Å²) in [6, 6.07) is 8.24. The van der Waals surface area contributed by atoms with Crippen LogP contribution in [0.3, 0.4) is 0 Å². The van der Waals surface area contributed by atoms with Gasteiger partial charge in [-0.2, -0.15) is 0 Å². The minimum atomic E-state index is 0.0263. The van der Waals surface area contributed by atoms with E-state index >= 15 is 0 Å². The van der Waals surface area contributed by atoms with Gasteiger partial charge in [0.2, 0.25) is 0 Å². The van der Waals surface area contributed by atoms with Crippen molar-refractivity contribution in [1.29, 1.82) is 0 Å². The third-order valence-corrected chi connectivity index (χ3v) is 3.77. The number of hydrogen-bond acceptors (Lipinski definition) is 4. The van der Waals surface area contributed by atoms with Crippen molar-refractivity contribution in [2.75, 3.05) is 0 Å². The van der Waals surface area contributed by atoms with Gasteiger partial charge in [0.1, 0.15) is 5.03 Å². The van der Waals surface area contributed by atoms with E-state index in [0.29, 0.717) is 0 Å². The van der Waals surface area contributed by atoms with Crippen LogP contribution in [0.4, 0.5) is 0 Å². The van der Waals surface area contributed by atoms with Gasteiger partial charge in [-0.15, -0.1) is 0 Å². The Balaban J connectivity index is 2.15. The maximum absolute atomic E-state index is 5.95. The van der Waals surface area contributed by atoms with Gasteiger partial charge < -0.3 is 5.73 Å². The molecule has 4 heteroatoms. The highest BCUT2D eigenvalue weighted by atomic mass is 32.2. The van der Waals surface area contributed by atoms with Gasteiger partial charge in [0.05, 0.1) is 5.69 Å². The number of nitrogens with zero attached hydrogens (tertiary/aromatic N) is 2. The molecule has 1 atom stereocenters. The number of pyridine rings is 2. The average molecular weight is 273 g/mol. The molecule has 3 nitrogen and oxygen atoms in total. The van der Waals surface area contributed by atoms with Crippen LogP contribution < -0.4 is 5.73 Å². The molecule has 0 unspecified atom stereocenters. The van der Waals surface area contributed by atoms with Crippen molar-refractivity contribution in [1.82, 2.24) is 9.97 Å². The van der Waals surface area contributed by atoms with E-state index in [1.54, 1.807) is 11.8 Å². The van der Waals surface area contributed by atoms with Gasteiger partial charge in [0, 0.05) is 22.8 Å². The molecule has 100 valence electrons. The Morgan fingerprint density at radius 3 is 2.63 bits per heavy atom. The number of nitrogens with two attached hydrogens (primary N) is 1. The normalized spacial score (nSPS) is 12.4. The van der Waals surface area contributed by atoms with Gasteiger partial charge in [-0.1, -0.05) is 18.7 Å². The predicted octanol–water partition coefficient (Wildman–Crippen LogP) is 3.65. The summed E-state index contributed by atoms with van der Waals surface area (Å²) in [5, 5.41) is 1.01. The van der Waals surface area contributed by atoms with Crippen LogP contribution in [0.5, 0.6) is 0 Å². The Labute approximate surface area is 118 Å². The average Bonchev–Trinajstić information content (AvgIpc) is 2.37. The molecule has 2 N–H and O–H groups in total. The van der Waals surface area contributed by atoms with E-state index in [4.69, 9.17) is 5.73 Å². The highest BCUT2D eigenvalue weighted by Crippen LogP contribution is 2.27. The fourth-order valence-corrected chi connectivity index (χ4v) is 2.78. The van der Waals surface area contributed by atoms with E-state index in [1.165, 1.54) is 5.56 Å². The summed E-state index contributed by atoms with van der Waals surface area (Å²) >= 11 is 1.63. The second-order valence-corrected chi connectivity index (χ2v) is 5.75. The molecule has 2 aromatic heterocycles. The maximum atomic E-state index is 5.95. The SMILES string of the molecule is CC[C@@H](N)c1ccc(Sc2cc(C)cc(C)n2)cn1. The van der Waals surface area contributed by atoms with E-state index in [1.807, 2.05) is 19.2 Å². The van der Waals surface area contributed by atoms with Crippen LogP contribution in [0.15, 0.2) is 40.4 Å². The molecule has 0 fully saturated rings. The predicted molar refractivity (Wildman–Crippen MR) is 79.3 cm³/mol. The van der Waals surface area contributed by atoms with Crippen molar-refractivity contribution in [3.05, 3.63) is 47.4 Å². The smallest absolute Gasteiger partial charge is 0.101 e. The molecule has 2 aromatic rings. The summed E-state index contributed by atoms with van der Waals surface area (Å²) in [6.45, 7) is 6.16. The van der Waals surface area contributed by atoms with Gasteiger partial charge in [-0.25, -0.2) is 4.98 Å². The molecular weight excluding hydrogens is 254 g/mol. The minimum absolute atomic E-state index is 0.0263. The minimum Gasteiger partial charge on any atom is -0.323 e. The Morgan fingerprint density at radius 2 is 2.05 bits per heavy atom. The Morgan fingerprint density at radius 1 is 1.26 bits per heavy atom. The van der Waals surface area contributed by atoms with Crippen LogP contribution in [-0.4, -0.2) is 9.97 Å². The van der Waals surface area contributed by atoms with E-state index in [-0.39, 0.29) is 6.04 Å². The lowest BCUT2D eigenvalue weighted by molar-refractivity contribution is 0.674. The molecule has 0 aromatic carbocycles. The summed E-state index contributed by atoms with van der Waals surface area (Å²) in [6.07, 6.45) is 2.77. The van der Waals surface area contributed by atoms with Crippen molar-refractivity contribution in [2.24, 2.45) is 5.73 Å². The second kappa shape index (κ2) is 6.17. The first-order chi connectivity index (χ1) is 9.08. The van der Waals surface area contributed by atoms with E-state index < -0.39 is 0 Å². The zero-order valence-electron chi connectivity index (χ0n) is 11.6. The first kappa shape index (κ1) is 14.0. The van der Waals surface area contributed by atoms with Crippen LogP contribution >= 0.6 is 11.8 Å². The van der Waals surface area contributed by atoms with E-state index in [2.05, 4.69) is 42.0 Å². The first-order valence-electron chi connectivity index (χ1n) is 6.43. The molecule has 19 heavy (non-hydrogen) atoms. The highest BCUT2D eigenvalue weighted by Gasteiger charge is 2.06. The van der Waals surface area contributed by atoms with Gasteiger partial charge in [-0.05, 0) is 50.1 Å². The molecule has 0 aliphatic heterocycles. The third kappa shape index (κ3) is 3.78. The fourth-order valence-electron chi connectivity index (χ4n) is 1.86. The van der Waals surface area contributed by atoms with Gasteiger partial charge in [0.15, 0.2) is 0 Å². The van der Waals surface area contributed by atoms with Crippen molar-refractivity contribution in [3.63, 3.8) is 0 Å². The summed E-state index contributed by atoms with van der Waals surface area (Å²) in [5.74, 6) is 0. The summed E-state index contributed by atoms with van der Waals surface area (Å²) in [5.41, 5.74) is 9.17. The molecule has 0 saturated carbocycles. The van der Waals surface area contributed by atoms with Gasteiger partial charge in [-0.3, -0.25) is 4.98 Å². The van der Waals surface area contributed by atoms with Crippen LogP contribution in [0.1, 0.15) is 36.3 Å². The summed E-state index contributed by atoms with van der Waals surface area (Å²) < 4.78 is 0. The molecule has 0 amide bonds. The lowest BCUT2D eigenvalue weighted by Crippen LogP contribution is -2.10. The van der Waals surface area contributed by atoms with Crippen LogP contribution in [0.2, 0.25) is 0 Å². The molecule has 0 aliphatic carbocycles. The van der Waals surface area contributed by atoms with Crippen LogP contribution in [0.25, 0.3) is 0 Å². The number of rotatable bonds is 4. The fraction of sp³-hybridized carbons (Fsp3) is 0.333. The zero-order valence-corrected chi connectivity index (χ0v) is 12.4. The van der Waals surface area contributed by atoms with Gasteiger partial charge >= 0.3 is 0 Å². The lowest BCUT2D eigenvalue weighted by Gasteiger charge is -2.08. The monoisotopic (exact) mass is 273 g/mol. The quantitative estimate of drug-likeness (QED) is 0.923. The standard InChI is InChI=1S/C15H19N3S/c1-4-13(16)14-6-5-12(9-17-14)19-15-8-10(2)7-11(3)18-15/h5-9,13H,4,16H2,1-3H3/t13-/m1/s1. The Kier molecular flexibility index (Phi) is 4.56. The Hall–Kier alpha value is -1.39. The molecule has 0 aliphatic rings. The van der Waals surface area contributed by atoms with Crippen LogP contribution in [-0.2, 0) is 0 Å². The Bertz CT molecular complexity index is 532. The van der Waals surface area contributed by atoms with Crippen molar-refractivity contribution >= 4 is 11.8 Å². The van der Waals surface area contributed by atoms with Crippen molar-refractivity contribution in [2.45, 2.75) is 43.2 Å². The van der Waals surface area contributed by atoms with Crippen molar-refractivity contribution in [3.8, 4) is 0 Å². The molecule has 0 saturated heterocycles. The molecule has 0 bridgehead atoms. The number of aromatic nitrogens is 2. The number of aryl methyl sites for hydroxylation is 2. The lowest BCUT2D eigenvalue weighted by atomic mass is 10.1. The molecule has 2 rings (SSSR count). The van der Waals surface area contributed by atoms with Crippen molar-refractivity contribution < 1.29 is 0 Å². The second-order valence-electron chi connectivity index (χ2n) is 4.66. The molecular formula is C15H19N3S. The highest BCUT2D eigenvalue weighted by molar-refractivity contribution is 7.99. The van der Waals surface area contributed by atoms with E-state index in [9.17, 15) is 0 Å². The van der Waals surface area contributed by atoms with Gasteiger partial charge in [0.25, 0.3) is 0 Å². The summed E-state index contributed by atoms with van der Waals surface area (Å²) in [7, 11) is 0. The number of hydrogen-bond donors (Lipinski definition) is 1. The zero-order chi connectivity index (χ0) is 13.8. The summed E-state index contributed by atoms with van der Waals surface area (Å²) in [4.78, 5) is 10.0. The topological polar surface area (TPSA) is 51.8 Å². The third-order valence-electron chi connectivity index (χ3n) is 2.88. The first-order valence-corrected chi connectivity index (χ1v) is 7.25. The van der Waals surface area contributed by atoms with Crippen LogP contribution in [0, 0.1) is 13.8 Å².